The molecule has 0 aromatic heterocycles. The van der Waals surface area contributed by atoms with E-state index in [0.29, 0.717) is 40.4 Å². The molecule has 0 bridgehead atoms. The van der Waals surface area contributed by atoms with Gasteiger partial charge >= 0.3 is 0 Å². The Morgan fingerprint density at radius 1 is 1.24 bits per heavy atom. The van der Waals surface area contributed by atoms with Gasteiger partial charge in [-0.3, -0.25) is 9.69 Å². The molecule has 1 aromatic rings. The zero-order chi connectivity index (χ0) is 17.8. The maximum absolute atomic E-state index is 12.2. The molecule has 1 aromatic carbocycles. The number of amides is 1. The maximum atomic E-state index is 12.2. The van der Waals surface area contributed by atoms with Gasteiger partial charge in [0.2, 0.25) is 11.7 Å². The molecule has 2 aliphatic heterocycles. The molecular weight excluding hydrogens is 344 g/mol. The number of benzene rings is 1. The van der Waals surface area contributed by atoms with E-state index in [1.54, 1.807) is 38.4 Å². The van der Waals surface area contributed by atoms with E-state index in [9.17, 15) is 4.79 Å². The van der Waals surface area contributed by atoms with Crippen molar-refractivity contribution in [2.45, 2.75) is 18.9 Å². The zero-order valence-corrected chi connectivity index (χ0v) is 15.4. The predicted octanol–water partition coefficient (Wildman–Crippen LogP) is 2.45. The van der Waals surface area contributed by atoms with Crippen LogP contribution in [0.15, 0.2) is 17.1 Å². The van der Waals surface area contributed by atoms with Crippen molar-refractivity contribution >= 4 is 28.5 Å². The summed E-state index contributed by atoms with van der Waals surface area (Å²) in [6.45, 7) is 1.31. The maximum Gasteiger partial charge on any atom is 0.239 e. The van der Waals surface area contributed by atoms with Gasteiger partial charge in [0.25, 0.3) is 0 Å². The third kappa shape index (κ3) is 3.85. The molecule has 0 radical (unpaired) electrons. The molecule has 0 saturated carbocycles. The Balaban J connectivity index is 1.88. The number of nitrogens with zero attached hydrogens (tertiary/aromatic N) is 2. The van der Waals surface area contributed by atoms with Crippen molar-refractivity contribution in [2.75, 3.05) is 40.2 Å². The molecule has 25 heavy (non-hydrogen) atoms. The molecule has 1 atom stereocenters. The topological polar surface area (TPSA) is 69.6 Å². The summed E-state index contributed by atoms with van der Waals surface area (Å²) < 4.78 is 21.7. The molecule has 0 N–H and O–H groups in total. The predicted molar refractivity (Wildman–Crippen MR) is 96.3 cm³/mol. The first-order valence-corrected chi connectivity index (χ1v) is 9.08. The van der Waals surface area contributed by atoms with Crippen molar-refractivity contribution in [3.8, 4) is 17.2 Å². The smallest absolute Gasteiger partial charge is 0.239 e. The third-order valence-electron chi connectivity index (χ3n) is 4.14. The number of carbonyl (C=O) groups is 1. The van der Waals surface area contributed by atoms with Crippen molar-refractivity contribution in [1.82, 2.24) is 4.90 Å². The number of aliphatic imine (C=N–C) groups is 1. The average Bonchev–Trinajstić information content (AvgIpc) is 3.26. The van der Waals surface area contributed by atoms with Gasteiger partial charge in [-0.05, 0) is 12.8 Å². The average molecular weight is 366 g/mol. The summed E-state index contributed by atoms with van der Waals surface area (Å²) in [5.41, 5.74) is 0.643. The summed E-state index contributed by atoms with van der Waals surface area (Å²) in [7, 11) is 4.68. The van der Waals surface area contributed by atoms with Gasteiger partial charge in [0.15, 0.2) is 16.7 Å². The molecule has 2 saturated heterocycles. The van der Waals surface area contributed by atoms with Gasteiger partial charge in [0.1, 0.15) is 0 Å². The normalized spacial score (nSPS) is 21.9. The largest absolute Gasteiger partial charge is 0.493 e. The van der Waals surface area contributed by atoms with Crippen LogP contribution < -0.4 is 14.2 Å². The summed E-state index contributed by atoms with van der Waals surface area (Å²) in [6, 6.07) is 3.53. The number of carbonyl (C=O) groups excluding carboxylic acids is 1. The van der Waals surface area contributed by atoms with Gasteiger partial charge in [0, 0.05) is 18.7 Å². The molecule has 136 valence electrons. The number of ether oxygens (including phenoxy) is 4. The van der Waals surface area contributed by atoms with E-state index in [1.807, 2.05) is 0 Å². The summed E-state index contributed by atoms with van der Waals surface area (Å²) in [6.07, 6.45) is 2.11. The van der Waals surface area contributed by atoms with Gasteiger partial charge in [-0.25, -0.2) is 4.99 Å². The minimum atomic E-state index is 0.0618. The first kappa shape index (κ1) is 17.9. The molecule has 1 amide bonds. The van der Waals surface area contributed by atoms with Crippen LogP contribution in [-0.4, -0.2) is 62.3 Å². The number of amidine groups is 1. The molecule has 2 aliphatic rings. The van der Waals surface area contributed by atoms with Crippen LogP contribution in [0.25, 0.3) is 0 Å². The summed E-state index contributed by atoms with van der Waals surface area (Å²) in [4.78, 5) is 18.6. The van der Waals surface area contributed by atoms with Crippen LogP contribution in [0.2, 0.25) is 0 Å². The highest BCUT2D eigenvalue weighted by atomic mass is 32.2. The SMILES string of the molecule is COc1cc(N=C2SCC(=O)N2C[C@H]2CCCO2)cc(OC)c1OC. The summed E-state index contributed by atoms with van der Waals surface area (Å²) in [5, 5.41) is 0.676. The highest BCUT2D eigenvalue weighted by Crippen LogP contribution is 2.41. The van der Waals surface area contributed by atoms with Crippen molar-refractivity contribution in [1.29, 1.82) is 0 Å². The standard InChI is InChI=1S/C17H22N2O5S/c1-21-13-7-11(8-14(22-2)16(13)23-3)18-17-19(15(20)10-25-17)9-12-5-4-6-24-12/h7-8,12H,4-6,9-10H2,1-3H3/t12-/m1/s1. The zero-order valence-electron chi connectivity index (χ0n) is 14.6. The second kappa shape index (κ2) is 7.97. The molecule has 0 aliphatic carbocycles. The Morgan fingerprint density at radius 3 is 2.52 bits per heavy atom. The lowest BCUT2D eigenvalue weighted by molar-refractivity contribution is -0.125. The highest BCUT2D eigenvalue weighted by Gasteiger charge is 2.31. The Bertz CT molecular complexity index is 648. The Hall–Kier alpha value is -1.93. The third-order valence-corrected chi connectivity index (χ3v) is 5.10. The number of hydrogen-bond donors (Lipinski definition) is 0. The molecule has 0 spiro atoms. The monoisotopic (exact) mass is 366 g/mol. The molecule has 7 nitrogen and oxygen atoms in total. The number of hydrogen-bond acceptors (Lipinski definition) is 7. The molecule has 2 fully saturated rings. The van der Waals surface area contributed by atoms with E-state index < -0.39 is 0 Å². The number of methoxy groups -OCH3 is 3. The van der Waals surface area contributed by atoms with E-state index in [4.69, 9.17) is 18.9 Å². The summed E-state index contributed by atoms with van der Waals surface area (Å²) >= 11 is 1.43. The van der Waals surface area contributed by atoms with Crippen LogP contribution in [0.5, 0.6) is 17.2 Å². The van der Waals surface area contributed by atoms with Crippen LogP contribution in [0.3, 0.4) is 0 Å². The molecule has 0 unspecified atom stereocenters. The lowest BCUT2D eigenvalue weighted by atomic mass is 10.2. The van der Waals surface area contributed by atoms with Crippen molar-refractivity contribution in [3.05, 3.63) is 12.1 Å². The van der Waals surface area contributed by atoms with Crippen LogP contribution in [0, 0.1) is 0 Å². The summed E-state index contributed by atoms with van der Waals surface area (Å²) in [5.74, 6) is 2.03. The van der Waals surface area contributed by atoms with E-state index in [-0.39, 0.29) is 12.0 Å². The van der Waals surface area contributed by atoms with Crippen LogP contribution in [0.4, 0.5) is 5.69 Å². The van der Waals surface area contributed by atoms with Crippen molar-refractivity contribution in [2.24, 2.45) is 4.99 Å². The van der Waals surface area contributed by atoms with Gasteiger partial charge in [-0.1, -0.05) is 11.8 Å². The van der Waals surface area contributed by atoms with E-state index in [2.05, 4.69) is 4.99 Å². The Morgan fingerprint density at radius 2 is 1.96 bits per heavy atom. The first-order valence-electron chi connectivity index (χ1n) is 8.09. The molecular formula is C17H22N2O5S. The Labute approximate surface area is 151 Å². The first-order chi connectivity index (χ1) is 12.2. The van der Waals surface area contributed by atoms with Crippen LogP contribution >= 0.6 is 11.8 Å². The lowest BCUT2D eigenvalue weighted by Crippen LogP contribution is -2.36. The van der Waals surface area contributed by atoms with E-state index >= 15 is 0 Å². The molecule has 3 rings (SSSR count). The van der Waals surface area contributed by atoms with Crippen LogP contribution in [-0.2, 0) is 9.53 Å². The van der Waals surface area contributed by atoms with E-state index in [0.717, 1.165) is 19.4 Å². The fourth-order valence-electron chi connectivity index (χ4n) is 2.90. The minimum Gasteiger partial charge on any atom is -0.493 e. The lowest BCUT2D eigenvalue weighted by Gasteiger charge is -2.20. The second-order valence-corrected chi connectivity index (χ2v) is 6.65. The fraction of sp³-hybridized carbons (Fsp3) is 0.529. The van der Waals surface area contributed by atoms with Crippen molar-refractivity contribution < 1.29 is 23.7 Å². The number of thioether (sulfide) groups is 1. The molecule has 2 heterocycles. The van der Waals surface area contributed by atoms with E-state index in [1.165, 1.54) is 11.8 Å². The fourth-order valence-corrected chi connectivity index (χ4v) is 3.81. The quantitative estimate of drug-likeness (QED) is 0.770. The van der Waals surface area contributed by atoms with Crippen molar-refractivity contribution in [3.63, 3.8) is 0 Å². The van der Waals surface area contributed by atoms with Gasteiger partial charge < -0.3 is 18.9 Å². The Kier molecular flexibility index (Phi) is 5.70. The van der Waals surface area contributed by atoms with Crippen LogP contribution in [0.1, 0.15) is 12.8 Å². The van der Waals surface area contributed by atoms with Gasteiger partial charge in [-0.15, -0.1) is 0 Å². The molecule has 8 heteroatoms. The van der Waals surface area contributed by atoms with Gasteiger partial charge in [-0.2, -0.15) is 0 Å². The van der Waals surface area contributed by atoms with Gasteiger partial charge in [0.05, 0.1) is 45.4 Å². The second-order valence-electron chi connectivity index (χ2n) is 5.71. The number of rotatable bonds is 6. The highest BCUT2D eigenvalue weighted by molar-refractivity contribution is 8.15. The minimum absolute atomic E-state index is 0.0618.